The standard InChI is InChI=1S/2C4H13N3.C2H6O4.2Ni.2H2O/c2*5-1-3-7-4-2-6;3-1(4)2(5)6;;;;/h2*7H,1-6H2;1-6H;;;2*1H2/p+2. The van der Waals surface area contributed by atoms with Gasteiger partial charge in [-0.15, -0.1) is 0 Å². The molecule has 0 heterocycles. The smallest absolute Gasteiger partial charge is 0.204 e. The van der Waals surface area contributed by atoms with E-state index < -0.39 is 12.6 Å². The third kappa shape index (κ3) is 66.6. The molecule has 24 heavy (non-hydrogen) atoms. The van der Waals surface area contributed by atoms with E-state index in [1.165, 1.54) is 0 Å². The van der Waals surface area contributed by atoms with Gasteiger partial charge in [-0.1, -0.05) is 0 Å². The molecule has 0 bridgehead atoms. The number of nitrogens with one attached hydrogen (secondary N) is 2. The molecule has 0 aromatic rings. The molecule has 0 atom stereocenters. The van der Waals surface area contributed by atoms with Crippen LogP contribution < -0.4 is 33.6 Å². The summed E-state index contributed by atoms with van der Waals surface area (Å²) >= 11 is 0. The van der Waals surface area contributed by atoms with Crippen molar-refractivity contribution in [3.05, 3.63) is 0 Å². The van der Waals surface area contributed by atoms with Gasteiger partial charge >= 0.3 is 0 Å². The zero-order valence-corrected chi connectivity index (χ0v) is 15.7. The molecular formula is C10H38N6Ni2O6+2. The molecule has 162 valence electrons. The van der Waals surface area contributed by atoms with E-state index in [4.69, 9.17) is 43.4 Å². The number of nitrogens with two attached hydrogens (primary N) is 4. The summed E-state index contributed by atoms with van der Waals surface area (Å²) in [5.74, 6) is 0. The van der Waals surface area contributed by atoms with Crippen molar-refractivity contribution in [1.29, 1.82) is 0 Å². The van der Waals surface area contributed by atoms with E-state index >= 15 is 0 Å². The first kappa shape index (κ1) is 44.2. The fraction of sp³-hybridized carbons (Fsp3) is 1.00. The van der Waals surface area contributed by atoms with Crippen molar-refractivity contribution in [1.82, 2.24) is 10.6 Å². The largest absolute Gasteiger partial charge is 0.457 e. The maximum atomic E-state index is 7.69. The first-order chi connectivity index (χ1) is 9.47. The van der Waals surface area contributed by atoms with E-state index in [9.17, 15) is 0 Å². The molecule has 12 nitrogen and oxygen atoms in total. The van der Waals surface area contributed by atoms with Crippen molar-refractivity contribution in [2.45, 2.75) is 12.6 Å². The molecule has 0 amide bonds. The SMILES string of the molecule is NCCNCCN.NCCNCCN.OC(O)C(O)O.[Ni].[Ni].[OH3+].[OH3+]. The Bertz CT molecular complexity index is 144. The number of hydrogen-bond acceptors (Lipinski definition) is 10. The van der Waals surface area contributed by atoms with Gasteiger partial charge in [0.2, 0.25) is 12.6 Å². The molecule has 0 aliphatic carbocycles. The summed E-state index contributed by atoms with van der Waals surface area (Å²) in [6.07, 6.45) is -4.07. The van der Waals surface area contributed by atoms with E-state index in [0.29, 0.717) is 26.2 Å². The van der Waals surface area contributed by atoms with Gasteiger partial charge in [-0.05, 0) is 0 Å². The van der Waals surface area contributed by atoms with E-state index in [2.05, 4.69) is 10.6 Å². The summed E-state index contributed by atoms with van der Waals surface area (Å²) < 4.78 is 0. The average Bonchev–Trinajstić information content (AvgIpc) is 2.41. The summed E-state index contributed by atoms with van der Waals surface area (Å²) in [6, 6.07) is 0. The third-order valence-electron chi connectivity index (χ3n) is 1.55. The molecule has 0 fully saturated rings. The summed E-state index contributed by atoms with van der Waals surface area (Å²) in [5.41, 5.74) is 20.7. The van der Waals surface area contributed by atoms with Crippen molar-refractivity contribution in [2.24, 2.45) is 22.9 Å². The number of rotatable bonds is 9. The number of aliphatic hydroxyl groups is 4. The fourth-order valence-corrected chi connectivity index (χ4v) is 0.658. The van der Waals surface area contributed by atoms with Gasteiger partial charge in [0.15, 0.2) is 0 Å². The molecule has 20 N–H and O–H groups in total. The van der Waals surface area contributed by atoms with Crippen LogP contribution in [0.15, 0.2) is 0 Å². The van der Waals surface area contributed by atoms with Gasteiger partial charge < -0.3 is 64.9 Å². The van der Waals surface area contributed by atoms with Crippen molar-refractivity contribution < 1.29 is 64.4 Å². The first-order valence-corrected chi connectivity index (χ1v) is 6.41. The minimum atomic E-state index is -2.04. The monoisotopic (exact) mass is 454 g/mol. The van der Waals surface area contributed by atoms with Gasteiger partial charge in [-0.25, -0.2) is 0 Å². The van der Waals surface area contributed by atoms with Crippen LogP contribution >= 0.6 is 0 Å². The quantitative estimate of drug-likeness (QED) is 0.0677. The van der Waals surface area contributed by atoms with Gasteiger partial charge in [0.1, 0.15) is 0 Å². The number of hydrogen-bond donors (Lipinski definition) is 10. The van der Waals surface area contributed by atoms with Gasteiger partial charge in [-0.3, -0.25) is 0 Å². The Hall–Kier alpha value is 0.507. The molecule has 0 saturated heterocycles. The van der Waals surface area contributed by atoms with Crippen LogP contribution in [-0.2, 0) is 43.9 Å². The fourth-order valence-electron chi connectivity index (χ4n) is 0.658. The molecule has 0 saturated carbocycles. The Morgan fingerprint density at radius 3 is 0.792 bits per heavy atom. The topological polar surface area (TPSA) is 275 Å². The maximum absolute atomic E-state index is 7.69. The normalized spacial score (nSPS) is 8.25. The van der Waals surface area contributed by atoms with Crippen LogP contribution in [0.4, 0.5) is 0 Å². The van der Waals surface area contributed by atoms with Crippen LogP contribution in [0.3, 0.4) is 0 Å². The molecule has 0 aromatic carbocycles. The van der Waals surface area contributed by atoms with Gasteiger partial charge in [-0.2, -0.15) is 0 Å². The molecule has 14 heteroatoms. The predicted molar refractivity (Wildman–Crippen MR) is 88.2 cm³/mol. The predicted octanol–water partition coefficient (Wildman–Crippen LogP) is -7.25. The molecule has 0 aliphatic heterocycles. The third-order valence-corrected chi connectivity index (χ3v) is 1.55. The number of aliphatic hydroxyl groups excluding tert-OH is 2. The first-order valence-electron chi connectivity index (χ1n) is 6.41. The van der Waals surface area contributed by atoms with E-state index in [1.54, 1.807) is 0 Å². The van der Waals surface area contributed by atoms with Gasteiger partial charge in [0, 0.05) is 85.3 Å². The van der Waals surface area contributed by atoms with E-state index in [0.717, 1.165) is 26.2 Å². The van der Waals surface area contributed by atoms with Crippen LogP contribution in [0.5, 0.6) is 0 Å². The summed E-state index contributed by atoms with van der Waals surface area (Å²) in [7, 11) is 0. The summed E-state index contributed by atoms with van der Waals surface area (Å²) in [4.78, 5) is 0. The molecule has 0 spiro atoms. The van der Waals surface area contributed by atoms with Crippen LogP contribution in [-0.4, -0.2) is 85.4 Å². The Morgan fingerprint density at radius 2 is 0.708 bits per heavy atom. The van der Waals surface area contributed by atoms with Crippen molar-refractivity contribution >= 4 is 0 Å². The van der Waals surface area contributed by atoms with Crippen LogP contribution in [0.2, 0.25) is 0 Å². The van der Waals surface area contributed by atoms with Crippen LogP contribution in [0, 0.1) is 0 Å². The molecule has 0 aromatic heterocycles. The zero-order valence-electron chi connectivity index (χ0n) is 13.7. The second kappa shape index (κ2) is 43.7. The zero-order chi connectivity index (χ0) is 16.2. The van der Waals surface area contributed by atoms with Gasteiger partial charge in [0.25, 0.3) is 0 Å². The van der Waals surface area contributed by atoms with Crippen molar-refractivity contribution in [2.75, 3.05) is 52.4 Å². The molecule has 0 unspecified atom stereocenters. The van der Waals surface area contributed by atoms with Crippen molar-refractivity contribution in [3.63, 3.8) is 0 Å². The minimum absolute atomic E-state index is 0. The Kier molecular flexibility index (Phi) is 80.5. The van der Waals surface area contributed by atoms with E-state index in [-0.39, 0.29) is 43.9 Å². The molecule has 0 radical (unpaired) electrons. The van der Waals surface area contributed by atoms with Crippen LogP contribution in [0.1, 0.15) is 0 Å². The van der Waals surface area contributed by atoms with Crippen LogP contribution in [0.25, 0.3) is 0 Å². The van der Waals surface area contributed by atoms with Crippen molar-refractivity contribution in [3.8, 4) is 0 Å². The van der Waals surface area contributed by atoms with Gasteiger partial charge in [0.05, 0.1) is 0 Å². The average molecular weight is 456 g/mol. The molecular weight excluding hydrogens is 418 g/mol. The Morgan fingerprint density at radius 1 is 0.542 bits per heavy atom. The molecule has 0 rings (SSSR count). The summed E-state index contributed by atoms with van der Waals surface area (Å²) in [6.45, 7) is 6.27. The second-order valence-corrected chi connectivity index (χ2v) is 3.48. The Labute approximate surface area is 163 Å². The maximum Gasteiger partial charge on any atom is 0.204 e. The molecule has 0 aliphatic rings. The Balaban J connectivity index is -0.0000000334. The minimum Gasteiger partial charge on any atom is -0.457 e. The van der Waals surface area contributed by atoms with E-state index in [1.807, 2.05) is 0 Å². The second-order valence-electron chi connectivity index (χ2n) is 3.48. The summed E-state index contributed by atoms with van der Waals surface area (Å²) in [5, 5.41) is 36.8.